The second kappa shape index (κ2) is 5.13. The summed E-state index contributed by atoms with van der Waals surface area (Å²) in [6, 6.07) is 3.42. The number of aromatic amines is 1. The summed E-state index contributed by atoms with van der Waals surface area (Å²) in [5, 5.41) is 4.80. The molecule has 3 heterocycles. The van der Waals surface area contributed by atoms with E-state index in [4.69, 9.17) is 0 Å². The van der Waals surface area contributed by atoms with Crippen molar-refractivity contribution in [2.75, 3.05) is 0 Å². The predicted molar refractivity (Wildman–Crippen MR) is 84.0 cm³/mol. The second-order valence-corrected chi connectivity index (χ2v) is 5.52. The Hall–Kier alpha value is -3.23. The van der Waals surface area contributed by atoms with Gasteiger partial charge in [0.15, 0.2) is 11.9 Å². The zero-order chi connectivity index (χ0) is 17.8. The number of alkyl halides is 3. The number of fused-ring (bicyclic) bond motifs is 2. The zero-order valence-electron chi connectivity index (χ0n) is 12.8. The standard InChI is InChI=1S/C16H10F3N5O/c1-24-12-4-9(16(17,18)19)2-3-10(12)14(23-24)11-6-21-15-13(22-11)8(7-25)5-20-15/h2-7H,1H3,(H,20,21). The van der Waals surface area contributed by atoms with Crippen LogP contribution in [-0.2, 0) is 13.2 Å². The SMILES string of the molecule is Cn1nc(-c2cnc3[nH]cc(C=O)c3n2)c2ccc(C(F)(F)F)cc21. The van der Waals surface area contributed by atoms with Crippen LogP contribution in [-0.4, -0.2) is 31.0 Å². The van der Waals surface area contributed by atoms with Crippen molar-refractivity contribution in [3.63, 3.8) is 0 Å². The topological polar surface area (TPSA) is 76.5 Å². The molecule has 0 fully saturated rings. The highest BCUT2D eigenvalue weighted by atomic mass is 19.4. The Bertz CT molecular complexity index is 1130. The van der Waals surface area contributed by atoms with Crippen LogP contribution in [0.4, 0.5) is 13.2 Å². The van der Waals surface area contributed by atoms with Gasteiger partial charge >= 0.3 is 6.18 Å². The lowest BCUT2D eigenvalue weighted by molar-refractivity contribution is -0.137. The van der Waals surface area contributed by atoms with Crippen LogP contribution in [0.5, 0.6) is 0 Å². The van der Waals surface area contributed by atoms with E-state index >= 15 is 0 Å². The first kappa shape index (κ1) is 15.3. The molecule has 1 N–H and O–H groups in total. The number of carbonyl (C=O) groups is 1. The van der Waals surface area contributed by atoms with Gasteiger partial charge in [0.05, 0.1) is 22.8 Å². The molecule has 9 heteroatoms. The maximum atomic E-state index is 12.9. The van der Waals surface area contributed by atoms with Crippen molar-refractivity contribution in [3.05, 3.63) is 41.7 Å². The van der Waals surface area contributed by atoms with Gasteiger partial charge in [-0.2, -0.15) is 18.3 Å². The molecular formula is C16H10F3N5O. The summed E-state index contributed by atoms with van der Waals surface area (Å²) in [5.41, 5.74) is 1.55. The molecule has 0 aliphatic heterocycles. The minimum absolute atomic E-state index is 0.330. The van der Waals surface area contributed by atoms with Crippen molar-refractivity contribution in [1.82, 2.24) is 24.7 Å². The number of carbonyl (C=O) groups excluding carboxylic acids is 1. The van der Waals surface area contributed by atoms with Crippen LogP contribution >= 0.6 is 0 Å². The molecule has 0 aliphatic rings. The summed E-state index contributed by atoms with van der Waals surface area (Å²) in [6.07, 6.45) is -0.814. The van der Waals surface area contributed by atoms with Crippen LogP contribution < -0.4 is 0 Å². The van der Waals surface area contributed by atoms with Crippen LogP contribution in [0, 0.1) is 0 Å². The van der Waals surface area contributed by atoms with E-state index in [0.29, 0.717) is 45.3 Å². The van der Waals surface area contributed by atoms with E-state index < -0.39 is 11.7 Å². The van der Waals surface area contributed by atoms with Gasteiger partial charge in [0.2, 0.25) is 0 Å². The van der Waals surface area contributed by atoms with Gasteiger partial charge in [0.25, 0.3) is 0 Å². The Labute approximate surface area is 138 Å². The fourth-order valence-electron chi connectivity index (χ4n) is 2.74. The molecule has 0 aliphatic carbocycles. The molecule has 0 unspecified atom stereocenters. The molecule has 25 heavy (non-hydrogen) atoms. The molecule has 0 saturated heterocycles. The number of nitrogens with one attached hydrogen (secondary N) is 1. The molecule has 6 nitrogen and oxygen atoms in total. The molecule has 1 aromatic carbocycles. The molecular weight excluding hydrogens is 335 g/mol. The van der Waals surface area contributed by atoms with E-state index in [9.17, 15) is 18.0 Å². The highest BCUT2D eigenvalue weighted by molar-refractivity contribution is 5.96. The Morgan fingerprint density at radius 1 is 1.28 bits per heavy atom. The molecule has 0 saturated carbocycles. The molecule has 4 aromatic rings. The van der Waals surface area contributed by atoms with Gasteiger partial charge < -0.3 is 4.98 Å². The summed E-state index contributed by atoms with van der Waals surface area (Å²) in [5.74, 6) is 0. The van der Waals surface area contributed by atoms with Crippen LogP contribution in [0.15, 0.2) is 30.6 Å². The predicted octanol–water partition coefficient (Wildman–Crippen LogP) is 3.34. The lowest BCUT2D eigenvalue weighted by Gasteiger charge is -2.06. The van der Waals surface area contributed by atoms with Crippen LogP contribution in [0.2, 0.25) is 0 Å². The van der Waals surface area contributed by atoms with Gasteiger partial charge in [-0.3, -0.25) is 9.48 Å². The number of aromatic nitrogens is 5. The molecule has 0 spiro atoms. The molecule has 0 atom stereocenters. The third-order valence-electron chi connectivity index (χ3n) is 3.96. The number of aldehydes is 1. The number of halogens is 3. The number of nitrogens with zero attached hydrogens (tertiary/aromatic N) is 4. The molecule has 0 amide bonds. The molecule has 0 bridgehead atoms. The van der Waals surface area contributed by atoms with Gasteiger partial charge in [-0.05, 0) is 18.2 Å². The Kier molecular flexibility index (Phi) is 3.14. The summed E-state index contributed by atoms with van der Waals surface area (Å²) >= 11 is 0. The highest BCUT2D eigenvalue weighted by Crippen LogP contribution is 2.34. The van der Waals surface area contributed by atoms with Crippen molar-refractivity contribution < 1.29 is 18.0 Å². The summed E-state index contributed by atoms with van der Waals surface area (Å²) < 4.78 is 40.1. The molecule has 3 aromatic heterocycles. The number of hydrogen-bond acceptors (Lipinski definition) is 4. The van der Waals surface area contributed by atoms with Gasteiger partial charge in [-0.15, -0.1) is 0 Å². The van der Waals surface area contributed by atoms with Crippen LogP contribution in [0.3, 0.4) is 0 Å². The van der Waals surface area contributed by atoms with Gasteiger partial charge in [0, 0.05) is 18.6 Å². The minimum atomic E-state index is -4.43. The van der Waals surface area contributed by atoms with Crippen molar-refractivity contribution in [3.8, 4) is 11.4 Å². The second-order valence-electron chi connectivity index (χ2n) is 5.52. The summed E-state index contributed by atoms with van der Waals surface area (Å²) in [6.45, 7) is 0. The van der Waals surface area contributed by atoms with E-state index in [1.807, 2.05) is 0 Å². The number of aryl methyl sites for hydroxylation is 1. The highest BCUT2D eigenvalue weighted by Gasteiger charge is 2.31. The minimum Gasteiger partial charge on any atom is -0.344 e. The lowest BCUT2D eigenvalue weighted by atomic mass is 10.1. The third kappa shape index (κ3) is 2.35. The maximum Gasteiger partial charge on any atom is 0.416 e. The first-order valence-corrected chi connectivity index (χ1v) is 7.22. The number of benzene rings is 1. The number of H-pyrrole nitrogens is 1. The van der Waals surface area contributed by atoms with Gasteiger partial charge in [0.1, 0.15) is 16.9 Å². The average molecular weight is 345 g/mol. The Balaban J connectivity index is 1.94. The fraction of sp³-hybridized carbons (Fsp3) is 0.125. The number of rotatable bonds is 2. The Morgan fingerprint density at radius 3 is 2.80 bits per heavy atom. The molecule has 126 valence electrons. The molecule has 0 radical (unpaired) electrons. The van der Waals surface area contributed by atoms with Crippen molar-refractivity contribution in [2.45, 2.75) is 6.18 Å². The van der Waals surface area contributed by atoms with E-state index in [2.05, 4.69) is 20.1 Å². The first-order valence-electron chi connectivity index (χ1n) is 7.22. The number of hydrogen-bond donors (Lipinski definition) is 1. The van der Waals surface area contributed by atoms with Crippen molar-refractivity contribution in [2.24, 2.45) is 7.05 Å². The maximum absolute atomic E-state index is 12.9. The van der Waals surface area contributed by atoms with Crippen molar-refractivity contribution in [1.29, 1.82) is 0 Å². The zero-order valence-corrected chi connectivity index (χ0v) is 12.8. The van der Waals surface area contributed by atoms with Crippen LogP contribution in [0.1, 0.15) is 15.9 Å². The normalized spacial score (nSPS) is 12.2. The van der Waals surface area contributed by atoms with E-state index in [-0.39, 0.29) is 0 Å². The third-order valence-corrected chi connectivity index (χ3v) is 3.96. The van der Waals surface area contributed by atoms with E-state index in [0.717, 1.165) is 12.1 Å². The van der Waals surface area contributed by atoms with Crippen LogP contribution in [0.25, 0.3) is 33.5 Å². The van der Waals surface area contributed by atoms with E-state index in [1.54, 1.807) is 7.05 Å². The average Bonchev–Trinajstić information content (AvgIpc) is 3.14. The van der Waals surface area contributed by atoms with E-state index in [1.165, 1.54) is 23.1 Å². The van der Waals surface area contributed by atoms with Crippen molar-refractivity contribution >= 4 is 28.4 Å². The fourth-order valence-corrected chi connectivity index (χ4v) is 2.74. The first-order chi connectivity index (χ1) is 11.9. The van der Waals surface area contributed by atoms with Gasteiger partial charge in [-0.25, -0.2) is 9.97 Å². The van der Waals surface area contributed by atoms with Gasteiger partial charge in [-0.1, -0.05) is 0 Å². The summed E-state index contributed by atoms with van der Waals surface area (Å²) in [4.78, 5) is 22.5. The monoisotopic (exact) mass is 345 g/mol. The quantitative estimate of drug-likeness (QED) is 0.565. The largest absolute Gasteiger partial charge is 0.416 e. The lowest BCUT2D eigenvalue weighted by Crippen LogP contribution is -2.04. The Morgan fingerprint density at radius 2 is 2.08 bits per heavy atom. The smallest absolute Gasteiger partial charge is 0.344 e. The summed E-state index contributed by atoms with van der Waals surface area (Å²) in [7, 11) is 1.56. The molecule has 4 rings (SSSR count).